The van der Waals surface area contributed by atoms with E-state index in [1.165, 1.54) is 13.0 Å². The highest BCUT2D eigenvalue weighted by atomic mass is 35.5. The molecular weight excluding hydrogens is 284 g/mol. The van der Waals surface area contributed by atoms with Crippen LogP contribution in [0.1, 0.15) is 38.2 Å². The smallest absolute Gasteiger partial charge is 0.220 e. The van der Waals surface area contributed by atoms with Crippen LogP contribution >= 0.6 is 11.6 Å². The predicted octanol–water partition coefficient (Wildman–Crippen LogP) is 3.26. The van der Waals surface area contributed by atoms with E-state index in [2.05, 4.69) is 17.1 Å². The van der Waals surface area contributed by atoms with E-state index in [-0.39, 0.29) is 5.91 Å². The maximum absolute atomic E-state index is 12.0. The first-order valence-electron chi connectivity index (χ1n) is 7.93. The number of halogens is 1. The summed E-state index contributed by atoms with van der Waals surface area (Å²) in [5.74, 6) is 0.166. The molecule has 0 unspecified atom stereocenters. The summed E-state index contributed by atoms with van der Waals surface area (Å²) in [6, 6.07) is 8.07. The fourth-order valence-corrected chi connectivity index (χ4v) is 2.95. The number of amides is 1. The molecule has 1 aromatic carbocycles. The highest BCUT2D eigenvalue weighted by Crippen LogP contribution is 2.13. The lowest BCUT2D eigenvalue weighted by Gasteiger charge is -2.32. The fraction of sp³-hybridized carbons (Fsp3) is 0.588. The van der Waals surface area contributed by atoms with Crippen LogP contribution in [0, 0.1) is 0 Å². The van der Waals surface area contributed by atoms with Gasteiger partial charge < -0.3 is 10.2 Å². The minimum absolute atomic E-state index is 0.166. The molecule has 0 atom stereocenters. The van der Waals surface area contributed by atoms with E-state index >= 15 is 0 Å². The van der Waals surface area contributed by atoms with Crippen LogP contribution in [-0.2, 0) is 11.2 Å². The summed E-state index contributed by atoms with van der Waals surface area (Å²) in [6.07, 6.45) is 4.69. The van der Waals surface area contributed by atoms with Gasteiger partial charge in [0.2, 0.25) is 5.91 Å². The Balaban J connectivity index is 1.67. The molecule has 116 valence electrons. The lowest BCUT2D eigenvalue weighted by atomic mass is 10.0. The number of likely N-dealkylation sites (tertiary alicyclic amines) is 1. The zero-order valence-electron chi connectivity index (χ0n) is 12.8. The zero-order chi connectivity index (χ0) is 15.1. The minimum Gasteiger partial charge on any atom is -0.353 e. The highest BCUT2D eigenvalue weighted by Gasteiger charge is 2.19. The third-order valence-electron chi connectivity index (χ3n) is 4.05. The van der Waals surface area contributed by atoms with Crippen molar-refractivity contribution in [1.29, 1.82) is 0 Å². The average Bonchev–Trinajstić information content (AvgIpc) is 2.49. The van der Waals surface area contributed by atoms with Crippen molar-refractivity contribution in [2.45, 2.75) is 45.1 Å². The van der Waals surface area contributed by atoms with Gasteiger partial charge >= 0.3 is 0 Å². The van der Waals surface area contributed by atoms with Crippen molar-refractivity contribution in [3.8, 4) is 0 Å². The van der Waals surface area contributed by atoms with E-state index in [4.69, 9.17) is 11.6 Å². The van der Waals surface area contributed by atoms with Crippen LogP contribution in [0.2, 0.25) is 5.02 Å². The lowest BCUT2D eigenvalue weighted by Crippen LogP contribution is -2.44. The molecule has 0 spiro atoms. The number of nitrogens with zero attached hydrogens (tertiary/aromatic N) is 1. The molecule has 1 saturated heterocycles. The Hall–Kier alpha value is -1.06. The molecule has 2 rings (SSSR count). The van der Waals surface area contributed by atoms with Crippen LogP contribution in [0.25, 0.3) is 0 Å². The Morgan fingerprint density at radius 3 is 2.57 bits per heavy atom. The largest absolute Gasteiger partial charge is 0.353 e. The van der Waals surface area contributed by atoms with Crippen LogP contribution in [0.3, 0.4) is 0 Å². The van der Waals surface area contributed by atoms with Gasteiger partial charge in [-0.15, -0.1) is 0 Å². The lowest BCUT2D eigenvalue weighted by molar-refractivity contribution is -0.122. The third-order valence-corrected chi connectivity index (χ3v) is 4.30. The monoisotopic (exact) mass is 308 g/mol. The molecule has 1 aromatic rings. The standard InChI is InChI=1S/C17H25ClN2O/c1-2-11-20-12-9-16(10-13-20)19-17(21)8-5-14-3-6-15(18)7-4-14/h3-4,6-7,16H,2,5,8-13H2,1H3,(H,19,21). The number of benzene rings is 1. The molecule has 1 aliphatic heterocycles. The third kappa shape index (κ3) is 5.68. The van der Waals surface area contributed by atoms with E-state index in [0.29, 0.717) is 12.5 Å². The molecule has 21 heavy (non-hydrogen) atoms. The van der Waals surface area contributed by atoms with Gasteiger partial charge in [-0.3, -0.25) is 4.79 Å². The number of rotatable bonds is 6. The predicted molar refractivity (Wildman–Crippen MR) is 87.7 cm³/mol. The maximum Gasteiger partial charge on any atom is 0.220 e. The summed E-state index contributed by atoms with van der Waals surface area (Å²) in [6.45, 7) is 5.60. The summed E-state index contributed by atoms with van der Waals surface area (Å²) >= 11 is 5.85. The second kappa shape index (κ2) is 8.40. The topological polar surface area (TPSA) is 32.3 Å². The number of nitrogens with one attached hydrogen (secondary N) is 1. The van der Waals surface area contributed by atoms with Gasteiger partial charge in [-0.05, 0) is 49.9 Å². The van der Waals surface area contributed by atoms with Crippen molar-refractivity contribution in [2.75, 3.05) is 19.6 Å². The van der Waals surface area contributed by atoms with E-state index in [1.54, 1.807) is 0 Å². The van der Waals surface area contributed by atoms with Gasteiger partial charge in [-0.2, -0.15) is 0 Å². The van der Waals surface area contributed by atoms with Crippen molar-refractivity contribution in [3.05, 3.63) is 34.9 Å². The molecule has 1 aliphatic rings. The molecule has 4 heteroatoms. The fourth-order valence-electron chi connectivity index (χ4n) is 2.83. The van der Waals surface area contributed by atoms with Gasteiger partial charge in [-0.1, -0.05) is 30.7 Å². The molecule has 1 N–H and O–H groups in total. The number of piperidine rings is 1. The molecule has 0 aliphatic carbocycles. The summed E-state index contributed by atoms with van der Waals surface area (Å²) in [4.78, 5) is 14.5. The number of carbonyl (C=O) groups is 1. The molecule has 1 heterocycles. The molecule has 0 bridgehead atoms. The van der Waals surface area contributed by atoms with Crippen LogP contribution in [0.5, 0.6) is 0 Å². The van der Waals surface area contributed by atoms with E-state index in [0.717, 1.165) is 42.9 Å². The van der Waals surface area contributed by atoms with Gasteiger partial charge in [0.15, 0.2) is 0 Å². The van der Waals surface area contributed by atoms with Crippen LogP contribution in [-0.4, -0.2) is 36.5 Å². The Kier molecular flexibility index (Phi) is 6.52. The van der Waals surface area contributed by atoms with Gasteiger partial charge in [0.05, 0.1) is 0 Å². The van der Waals surface area contributed by atoms with Crippen molar-refractivity contribution in [3.63, 3.8) is 0 Å². The molecule has 3 nitrogen and oxygen atoms in total. The molecular formula is C17H25ClN2O. The van der Waals surface area contributed by atoms with E-state index in [9.17, 15) is 4.79 Å². The highest BCUT2D eigenvalue weighted by molar-refractivity contribution is 6.30. The Labute approximate surface area is 132 Å². The summed E-state index contributed by atoms with van der Waals surface area (Å²) in [5, 5.41) is 3.91. The van der Waals surface area contributed by atoms with Gasteiger partial charge in [0, 0.05) is 30.6 Å². The second-order valence-corrected chi connectivity index (χ2v) is 6.25. The van der Waals surface area contributed by atoms with Crippen LogP contribution in [0.15, 0.2) is 24.3 Å². The Bertz CT molecular complexity index is 439. The van der Waals surface area contributed by atoms with E-state index < -0.39 is 0 Å². The summed E-state index contributed by atoms with van der Waals surface area (Å²) < 4.78 is 0. The van der Waals surface area contributed by atoms with Crippen molar-refractivity contribution in [1.82, 2.24) is 10.2 Å². The molecule has 0 aromatic heterocycles. The number of hydrogen-bond donors (Lipinski definition) is 1. The number of carbonyl (C=O) groups excluding carboxylic acids is 1. The number of hydrogen-bond acceptors (Lipinski definition) is 2. The second-order valence-electron chi connectivity index (χ2n) is 5.81. The van der Waals surface area contributed by atoms with Crippen molar-refractivity contribution < 1.29 is 4.79 Å². The first kappa shape index (κ1) is 16.3. The SMILES string of the molecule is CCCN1CCC(NC(=O)CCc2ccc(Cl)cc2)CC1. The van der Waals surface area contributed by atoms with Gasteiger partial charge in [-0.25, -0.2) is 0 Å². The Morgan fingerprint density at radius 1 is 1.29 bits per heavy atom. The Morgan fingerprint density at radius 2 is 1.95 bits per heavy atom. The van der Waals surface area contributed by atoms with Gasteiger partial charge in [0.25, 0.3) is 0 Å². The normalized spacial score (nSPS) is 16.9. The molecule has 1 amide bonds. The summed E-state index contributed by atoms with van der Waals surface area (Å²) in [5.41, 5.74) is 1.16. The molecule has 1 fully saturated rings. The van der Waals surface area contributed by atoms with Gasteiger partial charge in [0.1, 0.15) is 0 Å². The first-order chi connectivity index (χ1) is 10.2. The number of aryl methyl sites for hydroxylation is 1. The minimum atomic E-state index is 0.166. The average molecular weight is 309 g/mol. The van der Waals surface area contributed by atoms with Crippen LogP contribution in [0.4, 0.5) is 0 Å². The van der Waals surface area contributed by atoms with Crippen LogP contribution < -0.4 is 5.32 Å². The van der Waals surface area contributed by atoms with Crippen molar-refractivity contribution >= 4 is 17.5 Å². The molecule has 0 saturated carbocycles. The summed E-state index contributed by atoms with van der Waals surface area (Å²) in [7, 11) is 0. The van der Waals surface area contributed by atoms with Crippen molar-refractivity contribution in [2.24, 2.45) is 0 Å². The maximum atomic E-state index is 12.0. The quantitative estimate of drug-likeness (QED) is 0.875. The first-order valence-corrected chi connectivity index (χ1v) is 8.31. The molecule has 0 radical (unpaired) electrons. The zero-order valence-corrected chi connectivity index (χ0v) is 13.5. The van der Waals surface area contributed by atoms with E-state index in [1.807, 2.05) is 24.3 Å².